The molecule has 1 N–H and O–H groups in total. The summed E-state index contributed by atoms with van der Waals surface area (Å²) in [6.45, 7) is 1.06. The molecule has 0 fully saturated rings. The van der Waals surface area contributed by atoms with Gasteiger partial charge in [-0.2, -0.15) is 0 Å². The SMILES string of the molecule is CN(C)CCCc1cccc2cc3ccccc3c(O)c12. The normalized spacial score (nSPS) is 11.6. The van der Waals surface area contributed by atoms with E-state index < -0.39 is 0 Å². The summed E-state index contributed by atoms with van der Waals surface area (Å²) in [7, 11) is 4.18. The molecule has 108 valence electrons. The van der Waals surface area contributed by atoms with Crippen molar-refractivity contribution >= 4 is 21.5 Å². The number of fused-ring (bicyclic) bond motifs is 2. The van der Waals surface area contributed by atoms with E-state index in [0.717, 1.165) is 40.9 Å². The Morgan fingerprint density at radius 3 is 2.52 bits per heavy atom. The second-order valence-corrected chi connectivity index (χ2v) is 5.87. The molecule has 0 saturated carbocycles. The minimum Gasteiger partial charge on any atom is -0.507 e. The second-order valence-electron chi connectivity index (χ2n) is 5.87. The van der Waals surface area contributed by atoms with Gasteiger partial charge in [0.25, 0.3) is 0 Å². The van der Waals surface area contributed by atoms with Gasteiger partial charge >= 0.3 is 0 Å². The molecule has 21 heavy (non-hydrogen) atoms. The van der Waals surface area contributed by atoms with Crippen molar-refractivity contribution in [3.8, 4) is 5.75 Å². The van der Waals surface area contributed by atoms with E-state index in [9.17, 15) is 5.11 Å². The van der Waals surface area contributed by atoms with E-state index in [2.05, 4.69) is 43.3 Å². The molecule has 0 radical (unpaired) electrons. The third kappa shape index (κ3) is 2.72. The number of nitrogens with zero attached hydrogens (tertiary/aromatic N) is 1. The molecule has 0 saturated heterocycles. The lowest BCUT2D eigenvalue weighted by molar-refractivity contribution is 0.400. The average Bonchev–Trinajstić information content (AvgIpc) is 2.47. The average molecular weight is 279 g/mol. The number of hydrogen-bond donors (Lipinski definition) is 1. The lowest BCUT2D eigenvalue weighted by atomic mass is 9.96. The molecule has 3 aromatic rings. The highest BCUT2D eigenvalue weighted by Gasteiger charge is 2.10. The summed E-state index contributed by atoms with van der Waals surface area (Å²) in [6, 6.07) is 16.5. The van der Waals surface area contributed by atoms with Gasteiger partial charge in [0.2, 0.25) is 0 Å². The highest BCUT2D eigenvalue weighted by Crippen LogP contribution is 2.36. The second kappa shape index (κ2) is 5.74. The van der Waals surface area contributed by atoms with Crippen LogP contribution in [0.4, 0.5) is 0 Å². The summed E-state index contributed by atoms with van der Waals surface area (Å²) >= 11 is 0. The van der Waals surface area contributed by atoms with E-state index in [1.165, 1.54) is 5.56 Å². The van der Waals surface area contributed by atoms with Crippen LogP contribution in [-0.4, -0.2) is 30.6 Å². The van der Waals surface area contributed by atoms with Crippen LogP contribution in [0, 0.1) is 0 Å². The van der Waals surface area contributed by atoms with E-state index in [4.69, 9.17) is 0 Å². The molecule has 0 bridgehead atoms. The van der Waals surface area contributed by atoms with Crippen molar-refractivity contribution in [3.63, 3.8) is 0 Å². The van der Waals surface area contributed by atoms with Gasteiger partial charge in [-0.25, -0.2) is 0 Å². The molecule has 3 aromatic carbocycles. The summed E-state index contributed by atoms with van der Waals surface area (Å²) in [5.74, 6) is 0.420. The first-order valence-electron chi connectivity index (χ1n) is 7.44. The molecule has 3 rings (SSSR count). The van der Waals surface area contributed by atoms with Crippen LogP contribution in [0.1, 0.15) is 12.0 Å². The first kappa shape index (κ1) is 13.9. The molecule has 0 amide bonds. The summed E-state index contributed by atoms with van der Waals surface area (Å²) < 4.78 is 0. The lowest BCUT2D eigenvalue weighted by Gasteiger charge is -2.13. The van der Waals surface area contributed by atoms with Gasteiger partial charge in [-0.05, 0) is 55.9 Å². The third-order valence-electron chi connectivity index (χ3n) is 4.00. The number of rotatable bonds is 4. The number of phenolic OH excluding ortho intramolecular Hbond substituents is 1. The molecule has 0 aliphatic carbocycles. The fourth-order valence-corrected chi connectivity index (χ4v) is 2.96. The van der Waals surface area contributed by atoms with Crippen molar-refractivity contribution in [2.45, 2.75) is 12.8 Å². The van der Waals surface area contributed by atoms with Crippen LogP contribution in [-0.2, 0) is 6.42 Å². The van der Waals surface area contributed by atoms with E-state index in [0.29, 0.717) is 5.75 Å². The number of hydrogen-bond acceptors (Lipinski definition) is 2. The third-order valence-corrected chi connectivity index (χ3v) is 4.00. The van der Waals surface area contributed by atoms with E-state index in [1.807, 2.05) is 24.3 Å². The monoisotopic (exact) mass is 279 g/mol. The molecule has 2 heteroatoms. The van der Waals surface area contributed by atoms with Crippen LogP contribution in [0.15, 0.2) is 48.5 Å². The predicted octanol–water partition coefficient (Wildman–Crippen LogP) is 4.19. The lowest BCUT2D eigenvalue weighted by Crippen LogP contribution is -2.13. The molecule has 0 atom stereocenters. The molecule has 0 aliphatic rings. The Hall–Kier alpha value is -2.06. The summed E-state index contributed by atoms with van der Waals surface area (Å²) in [6.07, 6.45) is 2.08. The zero-order valence-corrected chi connectivity index (χ0v) is 12.6. The quantitative estimate of drug-likeness (QED) is 0.724. The Labute approximate surface area is 125 Å². The predicted molar refractivity (Wildman–Crippen MR) is 90.0 cm³/mol. The zero-order chi connectivity index (χ0) is 14.8. The fourth-order valence-electron chi connectivity index (χ4n) is 2.96. The Bertz CT molecular complexity index is 777. The van der Waals surface area contributed by atoms with Gasteiger partial charge < -0.3 is 10.0 Å². The maximum Gasteiger partial charge on any atom is 0.131 e. The molecule has 0 unspecified atom stereocenters. The zero-order valence-electron chi connectivity index (χ0n) is 12.6. The van der Waals surface area contributed by atoms with Crippen LogP contribution in [0.2, 0.25) is 0 Å². The Kier molecular flexibility index (Phi) is 3.80. The smallest absolute Gasteiger partial charge is 0.131 e. The number of aryl methyl sites for hydroxylation is 1. The van der Waals surface area contributed by atoms with Gasteiger partial charge in [-0.3, -0.25) is 0 Å². The van der Waals surface area contributed by atoms with Gasteiger partial charge in [-0.1, -0.05) is 42.5 Å². The molecule has 0 spiro atoms. The molecule has 0 aromatic heterocycles. The van der Waals surface area contributed by atoms with Crippen LogP contribution in [0.3, 0.4) is 0 Å². The van der Waals surface area contributed by atoms with E-state index in [1.54, 1.807) is 0 Å². The molecule has 0 heterocycles. The van der Waals surface area contributed by atoms with Gasteiger partial charge in [0.15, 0.2) is 0 Å². The van der Waals surface area contributed by atoms with Gasteiger partial charge in [0.05, 0.1) is 0 Å². The maximum absolute atomic E-state index is 10.7. The standard InChI is InChI=1S/C19H21NO/c1-20(2)12-6-10-14-8-5-9-16-13-15-7-3-4-11-17(15)19(21)18(14)16/h3-5,7-9,11,13,21H,6,10,12H2,1-2H3. The minimum absolute atomic E-state index is 0.420. The van der Waals surface area contributed by atoms with Crippen molar-refractivity contribution in [1.82, 2.24) is 4.90 Å². The van der Waals surface area contributed by atoms with Crippen molar-refractivity contribution in [2.75, 3.05) is 20.6 Å². The van der Waals surface area contributed by atoms with Crippen LogP contribution in [0.25, 0.3) is 21.5 Å². The summed E-state index contributed by atoms with van der Waals surface area (Å²) in [4.78, 5) is 2.19. The van der Waals surface area contributed by atoms with Crippen molar-refractivity contribution in [1.29, 1.82) is 0 Å². The number of benzene rings is 3. The van der Waals surface area contributed by atoms with Crippen molar-refractivity contribution in [2.24, 2.45) is 0 Å². The topological polar surface area (TPSA) is 23.5 Å². The van der Waals surface area contributed by atoms with E-state index in [-0.39, 0.29) is 0 Å². The maximum atomic E-state index is 10.7. The minimum atomic E-state index is 0.420. The van der Waals surface area contributed by atoms with Crippen LogP contribution >= 0.6 is 0 Å². The first-order valence-corrected chi connectivity index (χ1v) is 7.44. The van der Waals surface area contributed by atoms with Crippen LogP contribution < -0.4 is 0 Å². The largest absolute Gasteiger partial charge is 0.507 e. The molecular weight excluding hydrogens is 258 g/mol. The van der Waals surface area contributed by atoms with Gasteiger partial charge in [-0.15, -0.1) is 0 Å². The van der Waals surface area contributed by atoms with Crippen molar-refractivity contribution < 1.29 is 5.11 Å². The fraction of sp³-hybridized carbons (Fsp3) is 0.263. The van der Waals surface area contributed by atoms with Crippen molar-refractivity contribution in [3.05, 3.63) is 54.1 Å². The van der Waals surface area contributed by atoms with Gasteiger partial charge in [0, 0.05) is 10.8 Å². The summed E-state index contributed by atoms with van der Waals surface area (Å²) in [5, 5.41) is 14.8. The Morgan fingerprint density at radius 1 is 0.952 bits per heavy atom. The molecule has 2 nitrogen and oxygen atoms in total. The Morgan fingerprint density at radius 2 is 1.71 bits per heavy atom. The van der Waals surface area contributed by atoms with Crippen LogP contribution in [0.5, 0.6) is 5.75 Å². The molecular formula is C19H21NO. The number of aromatic hydroxyl groups is 1. The summed E-state index contributed by atoms with van der Waals surface area (Å²) in [5.41, 5.74) is 1.23. The van der Waals surface area contributed by atoms with Gasteiger partial charge in [0.1, 0.15) is 5.75 Å². The number of phenols is 1. The highest BCUT2D eigenvalue weighted by atomic mass is 16.3. The highest BCUT2D eigenvalue weighted by molar-refractivity contribution is 6.06. The van der Waals surface area contributed by atoms with E-state index >= 15 is 0 Å². The molecule has 0 aliphatic heterocycles. The first-order chi connectivity index (χ1) is 10.2. The Balaban J connectivity index is 2.11.